The fourth-order valence-electron chi connectivity index (χ4n) is 1.91. The molecule has 1 rings (SSSR count). The molecule has 0 aliphatic rings. The van der Waals surface area contributed by atoms with Crippen molar-refractivity contribution in [2.45, 2.75) is 19.4 Å². The number of hydrogen-bond donors (Lipinski definition) is 1. The van der Waals surface area contributed by atoms with Gasteiger partial charge in [-0.25, -0.2) is 0 Å². The Morgan fingerprint density at radius 1 is 0.950 bits per heavy atom. The van der Waals surface area contributed by atoms with Crippen LogP contribution in [-0.2, 0) is 11.3 Å². The Labute approximate surface area is 121 Å². The first-order valence-corrected chi connectivity index (χ1v) is 6.78. The van der Waals surface area contributed by atoms with Crippen molar-refractivity contribution in [3.63, 3.8) is 0 Å². The molecule has 5 nitrogen and oxygen atoms in total. The van der Waals surface area contributed by atoms with E-state index in [0.717, 1.165) is 31.6 Å². The van der Waals surface area contributed by atoms with E-state index in [1.165, 1.54) is 0 Å². The van der Waals surface area contributed by atoms with Gasteiger partial charge in [0.15, 0.2) is 11.5 Å². The molecule has 0 amide bonds. The first kappa shape index (κ1) is 16.6. The molecule has 20 heavy (non-hydrogen) atoms. The zero-order valence-corrected chi connectivity index (χ0v) is 12.8. The van der Waals surface area contributed by atoms with Crippen molar-refractivity contribution in [1.82, 2.24) is 5.32 Å². The fourth-order valence-corrected chi connectivity index (χ4v) is 1.91. The van der Waals surface area contributed by atoms with Gasteiger partial charge in [0.2, 0.25) is 5.75 Å². The van der Waals surface area contributed by atoms with Gasteiger partial charge in [0.1, 0.15) is 0 Å². The van der Waals surface area contributed by atoms with Gasteiger partial charge in [-0.3, -0.25) is 0 Å². The summed E-state index contributed by atoms with van der Waals surface area (Å²) in [5.74, 6) is 2.05. The van der Waals surface area contributed by atoms with Crippen LogP contribution in [-0.4, -0.2) is 41.6 Å². The van der Waals surface area contributed by atoms with Crippen molar-refractivity contribution >= 4 is 0 Å². The minimum atomic E-state index is 0.613. The van der Waals surface area contributed by atoms with E-state index in [2.05, 4.69) is 5.32 Å². The average molecular weight is 283 g/mol. The normalized spacial score (nSPS) is 10.4. The van der Waals surface area contributed by atoms with Crippen LogP contribution in [0.1, 0.15) is 18.4 Å². The summed E-state index contributed by atoms with van der Waals surface area (Å²) < 4.78 is 21.6. The molecule has 0 radical (unpaired) electrons. The molecule has 0 unspecified atom stereocenters. The largest absolute Gasteiger partial charge is 0.493 e. The van der Waals surface area contributed by atoms with Crippen molar-refractivity contribution in [2.24, 2.45) is 0 Å². The van der Waals surface area contributed by atoms with Crippen molar-refractivity contribution < 1.29 is 18.9 Å². The molecule has 0 aliphatic carbocycles. The van der Waals surface area contributed by atoms with Crippen LogP contribution in [0.2, 0.25) is 0 Å². The predicted molar refractivity (Wildman–Crippen MR) is 78.9 cm³/mol. The summed E-state index contributed by atoms with van der Waals surface area (Å²) in [5, 5.41) is 3.11. The highest BCUT2D eigenvalue weighted by Crippen LogP contribution is 2.38. The smallest absolute Gasteiger partial charge is 0.203 e. The van der Waals surface area contributed by atoms with Crippen molar-refractivity contribution in [1.29, 1.82) is 0 Å². The van der Waals surface area contributed by atoms with Crippen LogP contribution < -0.4 is 19.5 Å². The van der Waals surface area contributed by atoms with E-state index in [4.69, 9.17) is 18.9 Å². The molecule has 0 aromatic heterocycles. The second kappa shape index (κ2) is 9.44. The molecule has 0 spiro atoms. The monoisotopic (exact) mass is 283 g/mol. The predicted octanol–water partition coefficient (Wildman–Crippen LogP) is 2.23. The maximum Gasteiger partial charge on any atom is 0.203 e. The van der Waals surface area contributed by atoms with Gasteiger partial charge in [-0.1, -0.05) is 0 Å². The standard InChI is InChI=1S/C15H25NO4/c1-16-11-12-9-13(18-3)15(14(10-12)19-4)20-8-6-5-7-17-2/h9-10,16H,5-8,11H2,1-4H3. The molecule has 0 saturated heterocycles. The topological polar surface area (TPSA) is 49.0 Å². The zero-order chi connectivity index (χ0) is 14.8. The number of ether oxygens (including phenoxy) is 4. The molecule has 0 saturated carbocycles. The zero-order valence-electron chi connectivity index (χ0n) is 12.8. The quantitative estimate of drug-likeness (QED) is 0.667. The van der Waals surface area contributed by atoms with E-state index in [0.29, 0.717) is 23.9 Å². The molecular formula is C15H25NO4. The summed E-state index contributed by atoms with van der Waals surface area (Å²) >= 11 is 0. The third-order valence-corrected chi connectivity index (χ3v) is 2.89. The number of hydrogen-bond acceptors (Lipinski definition) is 5. The van der Waals surface area contributed by atoms with Gasteiger partial charge in [-0.2, -0.15) is 0 Å². The van der Waals surface area contributed by atoms with E-state index in [9.17, 15) is 0 Å². The summed E-state index contributed by atoms with van der Waals surface area (Å²) in [7, 11) is 6.87. The lowest BCUT2D eigenvalue weighted by Crippen LogP contribution is -2.07. The minimum absolute atomic E-state index is 0.613. The molecule has 0 fully saturated rings. The lowest BCUT2D eigenvalue weighted by Gasteiger charge is -2.16. The van der Waals surface area contributed by atoms with Gasteiger partial charge in [0.05, 0.1) is 20.8 Å². The average Bonchev–Trinajstić information content (AvgIpc) is 2.47. The van der Waals surface area contributed by atoms with Crippen molar-refractivity contribution in [3.05, 3.63) is 17.7 Å². The lowest BCUT2D eigenvalue weighted by molar-refractivity contribution is 0.182. The molecule has 1 aromatic carbocycles. The summed E-state index contributed by atoms with van der Waals surface area (Å²) in [6.07, 6.45) is 1.90. The number of unbranched alkanes of at least 4 members (excludes halogenated alkanes) is 1. The van der Waals surface area contributed by atoms with E-state index in [1.54, 1.807) is 21.3 Å². The van der Waals surface area contributed by atoms with E-state index < -0.39 is 0 Å². The van der Waals surface area contributed by atoms with Crippen LogP contribution >= 0.6 is 0 Å². The molecule has 0 atom stereocenters. The Kier molecular flexibility index (Phi) is 7.84. The summed E-state index contributed by atoms with van der Waals surface area (Å²) in [5.41, 5.74) is 1.09. The highest BCUT2D eigenvalue weighted by atomic mass is 16.5. The summed E-state index contributed by atoms with van der Waals surface area (Å²) in [6.45, 7) is 2.11. The Morgan fingerprint density at radius 2 is 1.55 bits per heavy atom. The third-order valence-electron chi connectivity index (χ3n) is 2.89. The molecular weight excluding hydrogens is 258 g/mol. The number of rotatable bonds is 10. The Balaban J connectivity index is 2.76. The molecule has 0 aliphatic heterocycles. The minimum Gasteiger partial charge on any atom is -0.493 e. The van der Waals surface area contributed by atoms with Gasteiger partial charge in [-0.05, 0) is 37.6 Å². The van der Waals surface area contributed by atoms with Crippen LogP contribution in [0.5, 0.6) is 17.2 Å². The van der Waals surface area contributed by atoms with Gasteiger partial charge in [0.25, 0.3) is 0 Å². The lowest BCUT2D eigenvalue weighted by atomic mass is 10.2. The van der Waals surface area contributed by atoms with Crippen LogP contribution in [0.15, 0.2) is 12.1 Å². The molecule has 0 bridgehead atoms. The van der Waals surface area contributed by atoms with Gasteiger partial charge < -0.3 is 24.3 Å². The van der Waals surface area contributed by atoms with E-state index >= 15 is 0 Å². The van der Waals surface area contributed by atoms with E-state index in [1.807, 2.05) is 19.2 Å². The highest BCUT2D eigenvalue weighted by molar-refractivity contribution is 5.53. The number of benzene rings is 1. The maximum atomic E-state index is 5.80. The van der Waals surface area contributed by atoms with E-state index in [-0.39, 0.29) is 0 Å². The Morgan fingerprint density at radius 3 is 2.05 bits per heavy atom. The van der Waals surface area contributed by atoms with Gasteiger partial charge in [-0.15, -0.1) is 0 Å². The molecule has 1 N–H and O–H groups in total. The van der Waals surface area contributed by atoms with Crippen molar-refractivity contribution in [2.75, 3.05) is 41.6 Å². The first-order chi connectivity index (χ1) is 9.76. The number of methoxy groups -OCH3 is 3. The maximum absolute atomic E-state index is 5.80. The third kappa shape index (κ3) is 4.90. The molecule has 114 valence electrons. The second-order valence-electron chi connectivity index (χ2n) is 4.41. The molecule has 0 heterocycles. The van der Waals surface area contributed by atoms with Crippen LogP contribution in [0.25, 0.3) is 0 Å². The summed E-state index contributed by atoms with van der Waals surface area (Å²) in [6, 6.07) is 3.92. The summed E-state index contributed by atoms with van der Waals surface area (Å²) in [4.78, 5) is 0. The van der Waals surface area contributed by atoms with Gasteiger partial charge in [0, 0.05) is 20.3 Å². The van der Waals surface area contributed by atoms with Crippen LogP contribution in [0.3, 0.4) is 0 Å². The Bertz CT molecular complexity index is 370. The molecule has 1 aromatic rings. The number of nitrogens with one attached hydrogen (secondary N) is 1. The van der Waals surface area contributed by atoms with Gasteiger partial charge >= 0.3 is 0 Å². The van der Waals surface area contributed by atoms with Crippen LogP contribution in [0, 0.1) is 0 Å². The molecule has 5 heteroatoms. The highest BCUT2D eigenvalue weighted by Gasteiger charge is 2.13. The van der Waals surface area contributed by atoms with Crippen molar-refractivity contribution in [3.8, 4) is 17.2 Å². The first-order valence-electron chi connectivity index (χ1n) is 6.78. The SMILES string of the molecule is CNCc1cc(OC)c(OCCCCOC)c(OC)c1. The second-order valence-corrected chi connectivity index (χ2v) is 4.41. The van der Waals surface area contributed by atoms with Crippen LogP contribution in [0.4, 0.5) is 0 Å². The fraction of sp³-hybridized carbons (Fsp3) is 0.600. The Hall–Kier alpha value is -1.46.